The van der Waals surface area contributed by atoms with Crippen molar-refractivity contribution < 1.29 is 0 Å². The average molecular weight is 195 g/mol. The van der Waals surface area contributed by atoms with Crippen LogP contribution in [0.3, 0.4) is 0 Å². The third-order valence-corrected chi connectivity index (χ3v) is 3.36. The van der Waals surface area contributed by atoms with Crippen LogP contribution in [0.4, 0.5) is 0 Å². The van der Waals surface area contributed by atoms with E-state index < -0.39 is 5.54 Å². The molecule has 0 aromatic carbocycles. The Kier molecular flexibility index (Phi) is 3.52. The van der Waals surface area contributed by atoms with Gasteiger partial charge in [-0.25, -0.2) is 0 Å². The lowest BCUT2D eigenvalue weighted by atomic mass is 10.0. The molecular formula is C11H21N3. The van der Waals surface area contributed by atoms with Gasteiger partial charge in [-0.05, 0) is 46.7 Å². The average Bonchev–Trinajstić information content (AvgIpc) is 2.99. The van der Waals surface area contributed by atoms with Crippen molar-refractivity contribution in [3.8, 4) is 6.07 Å². The van der Waals surface area contributed by atoms with Gasteiger partial charge in [0.05, 0.1) is 6.07 Å². The highest BCUT2D eigenvalue weighted by Gasteiger charge is 2.33. The molecule has 0 saturated heterocycles. The van der Waals surface area contributed by atoms with Crippen LogP contribution in [0, 0.1) is 17.2 Å². The van der Waals surface area contributed by atoms with Gasteiger partial charge in [-0.3, -0.25) is 0 Å². The van der Waals surface area contributed by atoms with Crippen LogP contribution in [-0.2, 0) is 0 Å². The molecule has 1 fully saturated rings. The van der Waals surface area contributed by atoms with Crippen LogP contribution in [0.15, 0.2) is 0 Å². The van der Waals surface area contributed by atoms with Gasteiger partial charge in [0.1, 0.15) is 5.54 Å². The van der Waals surface area contributed by atoms with Gasteiger partial charge < -0.3 is 10.2 Å². The van der Waals surface area contributed by atoms with Crippen LogP contribution >= 0.6 is 0 Å². The molecule has 0 amide bonds. The fourth-order valence-corrected chi connectivity index (χ4v) is 1.75. The highest BCUT2D eigenvalue weighted by molar-refractivity contribution is 5.05. The van der Waals surface area contributed by atoms with E-state index in [1.165, 1.54) is 12.8 Å². The zero-order valence-corrected chi connectivity index (χ0v) is 9.67. The molecule has 1 N–H and O–H groups in total. The smallest absolute Gasteiger partial charge is 0.116 e. The lowest BCUT2D eigenvalue weighted by molar-refractivity contribution is 0.196. The van der Waals surface area contributed by atoms with E-state index in [-0.39, 0.29) is 0 Å². The zero-order valence-electron chi connectivity index (χ0n) is 9.67. The Bertz CT molecular complexity index is 229. The molecule has 14 heavy (non-hydrogen) atoms. The highest BCUT2D eigenvalue weighted by atomic mass is 15.2. The van der Waals surface area contributed by atoms with Crippen LogP contribution in [0.5, 0.6) is 0 Å². The van der Waals surface area contributed by atoms with Crippen LogP contribution in [0.1, 0.15) is 26.7 Å². The van der Waals surface area contributed by atoms with E-state index >= 15 is 0 Å². The predicted octanol–water partition coefficient (Wildman–Crippen LogP) is 1.22. The Morgan fingerprint density at radius 1 is 1.64 bits per heavy atom. The van der Waals surface area contributed by atoms with Crippen LogP contribution in [-0.4, -0.2) is 37.1 Å². The summed E-state index contributed by atoms with van der Waals surface area (Å²) >= 11 is 0. The molecule has 0 bridgehead atoms. The third-order valence-electron chi connectivity index (χ3n) is 3.36. The van der Waals surface area contributed by atoms with E-state index in [0.717, 1.165) is 12.5 Å². The summed E-state index contributed by atoms with van der Waals surface area (Å²) < 4.78 is 0. The van der Waals surface area contributed by atoms with Gasteiger partial charge in [0.2, 0.25) is 0 Å². The molecule has 0 aromatic heterocycles. The summed E-state index contributed by atoms with van der Waals surface area (Å²) in [5, 5.41) is 12.1. The Balaban J connectivity index is 2.45. The summed E-state index contributed by atoms with van der Waals surface area (Å²) in [6.07, 6.45) is 2.71. The number of rotatable bonds is 5. The lowest BCUT2D eigenvalue weighted by Crippen LogP contribution is -2.50. The second-order valence-corrected chi connectivity index (χ2v) is 4.69. The fraction of sp³-hybridized carbons (Fsp3) is 0.909. The topological polar surface area (TPSA) is 39.1 Å². The molecule has 3 heteroatoms. The molecule has 1 rings (SSSR count). The number of nitrogens with one attached hydrogen (secondary N) is 1. The van der Waals surface area contributed by atoms with Crippen molar-refractivity contribution in [1.29, 1.82) is 5.26 Å². The van der Waals surface area contributed by atoms with E-state index in [1.54, 1.807) is 0 Å². The molecule has 0 radical (unpaired) electrons. The standard InChI is InChI=1S/C11H21N3/c1-9(10-5-6-10)14(4)8-11(2,7-12)13-3/h9-10,13H,5-6,8H2,1-4H3. The minimum atomic E-state index is -0.419. The normalized spacial score (nSPS) is 22.9. The molecular weight excluding hydrogens is 174 g/mol. The molecule has 2 unspecified atom stereocenters. The van der Waals surface area contributed by atoms with E-state index in [0.29, 0.717) is 6.04 Å². The van der Waals surface area contributed by atoms with Crippen molar-refractivity contribution in [3.05, 3.63) is 0 Å². The highest BCUT2D eigenvalue weighted by Crippen LogP contribution is 2.34. The largest absolute Gasteiger partial charge is 0.302 e. The van der Waals surface area contributed by atoms with E-state index in [1.807, 2.05) is 14.0 Å². The lowest BCUT2D eigenvalue weighted by Gasteiger charge is -2.31. The predicted molar refractivity (Wildman–Crippen MR) is 57.9 cm³/mol. The molecule has 80 valence electrons. The van der Waals surface area contributed by atoms with Crippen molar-refractivity contribution in [3.63, 3.8) is 0 Å². The van der Waals surface area contributed by atoms with Crippen LogP contribution in [0.2, 0.25) is 0 Å². The first kappa shape index (κ1) is 11.5. The van der Waals surface area contributed by atoms with Gasteiger partial charge in [0.25, 0.3) is 0 Å². The number of nitrogens with zero attached hydrogens (tertiary/aromatic N) is 2. The van der Waals surface area contributed by atoms with Crippen molar-refractivity contribution >= 4 is 0 Å². The zero-order chi connectivity index (χ0) is 10.8. The Morgan fingerprint density at radius 2 is 2.21 bits per heavy atom. The summed E-state index contributed by atoms with van der Waals surface area (Å²) in [5.74, 6) is 0.861. The summed E-state index contributed by atoms with van der Waals surface area (Å²) in [5.41, 5.74) is -0.419. The minimum absolute atomic E-state index is 0.419. The summed E-state index contributed by atoms with van der Waals surface area (Å²) in [7, 11) is 3.95. The third kappa shape index (κ3) is 2.70. The first-order valence-electron chi connectivity index (χ1n) is 5.33. The second kappa shape index (κ2) is 4.29. The van der Waals surface area contributed by atoms with Crippen LogP contribution < -0.4 is 5.32 Å². The minimum Gasteiger partial charge on any atom is -0.302 e. The molecule has 1 saturated carbocycles. The second-order valence-electron chi connectivity index (χ2n) is 4.69. The number of likely N-dealkylation sites (N-methyl/N-ethyl adjacent to an activating group) is 2. The van der Waals surface area contributed by atoms with Gasteiger partial charge in [-0.1, -0.05) is 0 Å². The maximum absolute atomic E-state index is 9.03. The molecule has 3 nitrogen and oxygen atoms in total. The molecule has 2 atom stereocenters. The van der Waals surface area contributed by atoms with Gasteiger partial charge in [0.15, 0.2) is 0 Å². The number of hydrogen-bond acceptors (Lipinski definition) is 3. The molecule has 0 spiro atoms. The Morgan fingerprint density at radius 3 is 2.57 bits per heavy atom. The van der Waals surface area contributed by atoms with Crippen molar-refractivity contribution in [1.82, 2.24) is 10.2 Å². The van der Waals surface area contributed by atoms with E-state index in [2.05, 4.69) is 30.3 Å². The first-order chi connectivity index (χ1) is 6.52. The summed E-state index contributed by atoms with van der Waals surface area (Å²) in [4.78, 5) is 2.29. The molecule has 1 aliphatic carbocycles. The summed E-state index contributed by atoms with van der Waals surface area (Å²) in [6, 6.07) is 2.93. The summed E-state index contributed by atoms with van der Waals surface area (Å²) in [6.45, 7) is 4.99. The van der Waals surface area contributed by atoms with Crippen molar-refractivity contribution in [2.45, 2.75) is 38.3 Å². The maximum atomic E-state index is 9.03. The monoisotopic (exact) mass is 195 g/mol. The molecule has 0 heterocycles. The maximum Gasteiger partial charge on any atom is 0.116 e. The van der Waals surface area contributed by atoms with Gasteiger partial charge in [-0.2, -0.15) is 5.26 Å². The van der Waals surface area contributed by atoms with Gasteiger partial charge >= 0.3 is 0 Å². The molecule has 0 aliphatic heterocycles. The quantitative estimate of drug-likeness (QED) is 0.717. The number of nitriles is 1. The number of hydrogen-bond donors (Lipinski definition) is 1. The first-order valence-corrected chi connectivity index (χ1v) is 5.33. The fourth-order valence-electron chi connectivity index (χ4n) is 1.75. The van der Waals surface area contributed by atoms with Gasteiger partial charge in [0, 0.05) is 12.6 Å². The van der Waals surface area contributed by atoms with Crippen molar-refractivity contribution in [2.24, 2.45) is 5.92 Å². The van der Waals surface area contributed by atoms with Crippen molar-refractivity contribution in [2.75, 3.05) is 20.6 Å². The van der Waals surface area contributed by atoms with E-state index in [4.69, 9.17) is 5.26 Å². The molecule has 0 aromatic rings. The molecule has 1 aliphatic rings. The SMILES string of the molecule is CNC(C)(C#N)CN(C)C(C)C1CC1. The Hall–Kier alpha value is -0.590. The van der Waals surface area contributed by atoms with Gasteiger partial charge in [-0.15, -0.1) is 0 Å². The van der Waals surface area contributed by atoms with Crippen LogP contribution in [0.25, 0.3) is 0 Å². The Labute approximate surface area is 87.1 Å². The van der Waals surface area contributed by atoms with E-state index in [9.17, 15) is 0 Å².